The van der Waals surface area contributed by atoms with Gasteiger partial charge in [0.05, 0.1) is 0 Å². The van der Waals surface area contributed by atoms with Crippen molar-refractivity contribution in [2.75, 3.05) is 0 Å². The molecule has 2 aromatic rings. The minimum atomic E-state index is -2.75. The van der Waals surface area contributed by atoms with Crippen molar-refractivity contribution < 1.29 is 18.3 Å². The van der Waals surface area contributed by atoms with Gasteiger partial charge in [0.25, 0.3) is 6.43 Å². The number of halogens is 2. The number of hydrogen-bond donors (Lipinski definition) is 1. The minimum absolute atomic E-state index is 0.0437. The van der Waals surface area contributed by atoms with Crippen molar-refractivity contribution in [3.05, 3.63) is 40.2 Å². The quantitative estimate of drug-likeness (QED) is 0.738. The second-order valence-corrected chi connectivity index (χ2v) is 3.00. The van der Waals surface area contributed by atoms with Crippen LogP contribution in [-0.2, 0) is 0 Å². The molecule has 0 fully saturated rings. The number of phenols is 1. The van der Waals surface area contributed by atoms with Crippen molar-refractivity contribution in [2.24, 2.45) is 0 Å². The summed E-state index contributed by atoms with van der Waals surface area (Å²) < 4.78 is 29.8. The maximum absolute atomic E-state index is 12.5. The van der Waals surface area contributed by atoms with Gasteiger partial charge in [0.15, 0.2) is 0 Å². The molecule has 0 aliphatic rings. The molecule has 5 heteroatoms. The highest BCUT2D eigenvalue weighted by Crippen LogP contribution is 2.28. The smallest absolute Gasteiger partial charge is 0.336 e. The molecule has 0 aliphatic heterocycles. The number of alkyl halides is 2. The van der Waals surface area contributed by atoms with E-state index in [4.69, 9.17) is 5.11 Å². The van der Waals surface area contributed by atoms with E-state index in [0.29, 0.717) is 0 Å². The van der Waals surface area contributed by atoms with E-state index in [9.17, 15) is 13.6 Å². The van der Waals surface area contributed by atoms with Crippen molar-refractivity contribution >= 4 is 11.0 Å². The number of fused-ring (bicyclic) bond motifs is 1. The molecular formula is C10H6F2O3. The molecule has 0 amide bonds. The summed E-state index contributed by atoms with van der Waals surface area (Å²) in [5.41, 5.74) is -1.29. The Balaban J connectivity index is 2.86. The fourth-order valence-corrected chi connectivity index (χ4v) is 1.36. The molecule has 0 saturated heterocycles. The molecule has 78 valence electrons. The number of benzene rings is 1. The van der Waals surface area contributed by atoms with Crippen LogP contribution in [-0.4, -0.2) is 5.11 Å². The van der Waals surface area contributed by atoms with E-state index in [1.807, 2.05) is 0 Å². The molecule has 15 heavy (non-hydrogen) atoms. The molecule has 0 radical (unpaired) electrons. The summed E-state index contributed by atoms with van der Waals surface area (Å²) in [5.74, 6) is -0.142. The van der Waals surface area contributed by atoms with Gasteiger partial charge in [0, 0.05) is 23.1 Å². The van der Waals surface area contributed by atoms with Crippen molar-refractivity contribution in [3.63, 3.8) is 0 Å². The Morgan fingerprint density at radius 2 is 2.00 bits per heavy atom. The summed E-state index contributed by atoms with van der Waals surface area (Å²) in [6, 6.07) is 4.43. The first kappa shape index (κ1) is 9.64. The summed E-state index contributed by atoms with van der Waals surface area (Å²) in [6.45, 7) is 0. The zero-order valence-corrected chi connectivity index (χ0v) is 7.41. The first-order chi connectivity index (χ1) is 7.08. The molecule has 2 rings (SSSR count). The van der Waals surface area contributed by atoms with E-state index >= 15 is 0 Å². The van der Waals surface area contributed by atoms with E-state index < -0.39 is 12.1 Å². The lowest BCUT2D eigenvalue weighted by atomic mass is 10.1. The highest BCUT2D eigenvalue weighted by molar-refractivity contribution is 5.81. The third kappa shape index (κ3) is 1.68. The minimum Gasteiger partial charge on any atom is -0.508 e. The lowest BCUT2D eigenvalue weighted by Gasteiger charge is -2.03. The second kappa shape index (κ2) is 3.34. The van der Waals surface area contributed by atoms with E-state index in [1.165, 1.54) is 12.1 Å². The Morgan fingerprint density at radius 3 is 2.67 bits per heavy atom. The van der Waals surface area contributed by atoms with Gasteiger partial charge in [0.1, 0.15) is 11.3 Å². The summed E-state index contributed by atoms with van der Waals surface area (Å²) in [5, 5.41) is 9.23. The molecule has 0 unspecified atom stereocenters. The summed E-state index contributed by atoms with van der Waals surface area (Å²) in [4.78, 5) is 10.9. The van der Waals surface area contributed by atoms with Crippen LogP contribution in [0.1, 0.15) is 12.0 Å². The first-order valence-corrected chi connectivity index (χ1v) is 4.13. The number of phenolic OH excluding ortho intramolecular Hbond substituents is 1. The molecule has 0 saturated carbocycles. The number of aromatic hydroxyl groups is 1. The fraction of sp³-hybridized carbons (Fsp3) is 0.100. The second-order valence-electron chi connectivity index (χ2n) is 3.00. The van der Waals surface area contributed by atoms with Crippen LogP contribution in [0.3, 0.4) is 0 Å². The van der Waals surface area contributed by atoms with Gasteiger partial charge in [0.2, 0.25) is 0 Å². The van der Waals surface area contributed by atoms with E-state index in [1.54, 1.807) is 0 Å². The average Bonchev–Trinajstić information content (AvgIpc) is 2.15. The lowest BCUT2D eigenvalue weighted by molar-refractivity contribution is 0.152. The van der Waals surface area contributed by atoms with Crippen molar-refractivity contribution in [1.29, 1.82) is 0 Å². The maximum atomic E-state index is 12.5. The van der Waals surface area contributed by atoms with Crippen LogP contribution >= 0.6 is 0 Å². The van der Waals surface area contributed by atoms with Crippen molar-refractivity contribution in [3.8, 4) is 5.75 Å². The van der Waals surface area contributed by atoms with Gasteiger partial charge < -0.3 is 9.52 Å². The molecule has 0 spiro atoms. The van der Waals surface area contributed by atoms with Crippen LogP contribution in [0, 0.1) is 0 Å². The number of hydrogen-bond acceptors (Lipinski definition) is 3. The highest BCUT2D eigenvalue weighted by Gasteiger charge is 2.14. The zero-order chi connectivity index (χ0) is 11.0. The van der Waals surface area contributed by atoms with E-state index in [-0.39, 0.29) is 22.3 Å². The third-order valence-corrected chi connectivity index (χ3v) is 2.00. The predicted molar refractivity (Wildman–Crippen MR) is 49.1 cm³/mol. The molecule has 1 N–H and O–H groups in total. The molecule has 0 atom stereocenters. The lowest BCUT2D eigenvalue weighted by Crippen LogP contribution is -2.00. The van der Waals surface area contributed by atoms with Gasteiger partial charge in [-0.15, -0.1) is 0 Å². The van der Waals surface area contributed by atoms with Crippen LogP contribution < -0.4 is 5.63 Å². The van der Waals surface area contributed by atoms with Gasteiger partial charge in [-0.25, -0.2) is 13.6 Å². The summed E-state index contributed by atoms with van der Waals surface area (Å²) >= 11 is 0. The van der Waals surface area contributed by atoms with Crippen LogP contribution in [0.5, 0.6) is 5.75 Å². The van der Waals surface area contributed by atoms with Gasteiger partial charge in [-0.3, -0.25) is 0 Å². The monoisotopic (exact) mass is 212 g/mol. The molecule has 3 nitrogen and oxygen atoms in total. The Hall–Kier alpha value is -1.91. The van der Waals surface area contributed by atoms with Crippen molar-refractivity contribution in [2.45, 2.75) is 6.43 Å². The predicted octanol–water partition coefficient (Wildman–Crippen LogP) is 2.44. The average molecular weight is 212 g/mol. The van der Waals surface area contributed by atoms with Gasteiger partial charge in [-0.1, -0.05) is 0 Å². The maximum Gasteiger partial charge on any atom is 0.336 e. The third-order valence-electron chi connectivity index (χ3n) is 2.00. The van der Waals surface area contributed by atoms with Crippen LogP contribution in [0.2, 0.25) is 0 Å². The van der Waals surface area contributed by atoms with Crippen LogP contribution in [0.25, 0.3) is 11.0 Å². The summed E-state index contributed by atoms with van der Waals surface area (Å²) in [7, 11) is 0. The van der Waals surface area contributed by atoms with Gasteiger partial charge in [-0.05, 0) is 12.1 Å². The Morgan fingerprint density at radius 1 is 1.27 bits per heavy atom. The number of rotatable bonds is 1. The summed E-state index contributed by atoms with van der Waals surface area (Å²) in [6.07, 6.45) is -2.75. The van der Waals surface area contributed by atoms with Crippen LogP contribution in [0.4, 0.5) is 8.78 Å². The Bertz CT molecular complexity index is 560. The molecule has 0 bridgehead atoms. The Labute approximate surface area is 82.6 Å². The molecule has 1 heterocycles. The Kier molecular flexibility index (Phi) is 2.15. The topological polar surface area (TPSA) is 50.4 Å². The van der Waals surface area contributed by atoms with Crippen LogP contribution in [0.15, 0.2) is 33.5 Å². The van der Waals surface area contributed by atoms with Crippen molar-refractivity contribution in [1.82, 2.24) is 0 Å². The SMILES string of the molecule is O=c1cc(C(F)F)c2ccc(O)cc2o1. The first-order valence-electron chi connectivity index (χ1n) is 4.13. The van der Waals surface area contributed by atoms with E-state index in [2.05, 4.69) is 4.42 Å². The molecule has 1 aromatic carbocycles. The standard InChI is InChI=1S/C10H6F2O3/c11-10(12)7-4-9(14)15-8-3-5(13)1-2-6(7)8/h1-4,10,13H. The highest BCUT2D eigenvalue weighted by atomic mass is 19.3. The largest absolute Gasteiger partial charge is 0.508 e. The molecular weight excluding hydrogens is 206 g/mol. The van der Waals surface area contributed by atoms with Gasteiger partial charge in [-0.2, -0.15) is 0 Å². The molecule has 1 aromatic heterocycles. The molecule has 0 aliphatic carbocycles. The normalized spacial score (nSPS) is 11.1. The van der Waals surface area contributed by atoms with Gasteiger partial charge >= 0.3 is 5.63 Å². The zero-order valence-electron chi connectivity index (χ0n) is 7.41. The fourth-order valence-electron chi connectivity index (χ4n) is 1.36. The van der Waals surface area contributed by atoms with E-state index in [0.717, 1.165) is 12.1 Å².